The van der Waals surface area contributed by atoms with Gasteiger partial charge in [-0.25, -0.2) is 4.98 Å². The van der Waals surface area contributed by atoms with E-state index in [-0.39, 0.29) is 11.9 Å². The maximum atomic E-state index is 12.2. The van der Waals surface area contributed by atoms with Gasteiger partial charge in [0.05, 0.1) is 0 Å². The van der Waals surface area contributed by atoms with Crippen LogP contribution in [0.5, 0.6) is 5.75 Å². The number of benzene rings is 1. The van der Waals surface area contributed by atoms with Crippen LogP contribution in [0.3, 0.4) is 0 Å². The molecule has 2 aromatic rings. The van der Waals surface area contributed by atoms with Gasteiger partial charge in [0.15, 0.2) is 5.13 Å². The lowest BCUT2D eigenvalue weighted by molar-refractivity contribution is -0.136. The minimum atomic E-state index is -0.336. The molecule has 0 aliphatic carbocycles. The molecule has 1 fully saturated rings. The average molecular weight is 361 g/mol. The highest BCUT2D eigenvalue weighted by Gasteiger charge is 2.19. The third-order valence-corrected chi connectivity index (χ3v) is 4.64. The number of thiazole rings is 1. The summed E-state index contributed by atoms with van der Waals surface area (Å²) in [5.74, 6) is 0.372. The van der Waals surface area contributed by atoms with E-state index in [1.807, 2.05) is 0 Å². The Balaban J connectivity index is 1.58. The molecule has 1 aromatic carbocycles. The first-order chi connectivity index (χ1) is 12.1. The molecule has 3 N–H and O–H groups in total. The Morgan fingerprint density at radius 1 is 1.36 bits per heavy atom. The first-order valence-corrected chi connectivity index (χ1v) is 8.89. The highest BCUT2D eigenvalue weighted by atomic mass is 32.1. The molecule has 1 amide bonds. The Labute approximate surface area is 149 Å². The minimum Gasteiger partial charge on any atom is -0.426 e. The molecule has 1 aliphatic rings. The molecule has 7 nitrogen and oxygen atoms in total. The number of nitrogens with two attached hydrogens (primary N) is 1. The Morgan fingerprint density at radius 2 is 2.16 bits per heavy atom. The number of aromatic nitrogens is 1. The molecule has 8 heteroatoms. The lowest BCUT2D eigenvalue weighted by Gasteiger charge is -2.20. The molecule has 2 heterocycles. The second kappa shape index (κ2) is 8.09. The summed E-state index contributed by atoms with van der Waals surface area (Å²) in [6.07, 6.45) is 2.10. The van der Waals surface area contributed by atoms with Crippen LogP contribution >= 0.6 is 11.3 Å². The fourth-order valence-corrected chi connectivity index (χ4v) is 3.17. The summed E-state index contributed by atoms with van der Waals surface area (Å²) in [6.45, 7) is 1.38. The second-order valence-corrected chi connectivity index (χ2v) is 6.65. The third-order valence-electron chi connectivity index (χ3n) is 3.87. The number of esters is 1. The Kier molecular flexibility index (Phi) is 5.62. The van der Waals surface area contributed by atoms with Crippen LogP contribution < -0.4 is 15.8 Å². The predicted molar refractivity (Wildman–Crippen MR) is 94.7 cm³/mol. The van der Waals surface area contributed by atoms with Crippen LogP contribution in [0.1, 0.15) is 29.6 Å². The Hall–Kier alpha value is -2.45. The maximum absolute atomic E-state index is 12.2. The molecule has 25 heavy (non-hydrogen) atoms. The second-order valence-electron chi connectivity index (χ2n) is 5.79. The first-order valence-electron chi connectivity index (χ1n) is 8.01. The first kappa shape index (κ1) is 17.4. The van der Waals surface area contributed by atoms with Gasteiger partial charge in [-0.3, -0.25) is 14.9 Å². The van der Waals surface area contributed by atoms with Crippen molar-refractivity contribution < 1.29 is 19.1 Å². The third kappa shape index (κ3) is 5.01. The van der Waals surface area contributed by atoms with E-state index >= 15 is 0 Å². The molecule has 0 saturated carbocycles. The molecular formula is C17H19N3O4S. The van der Waals surface area contributed by atoms with E-state index in [4.69, 9.17) is 15.2 Å². The fraction of sp³-hybridized carbons (Fsp3) is 0.353. The van der Waals surface area contributed by atoms with Crippen molar-refractivity contribution in [3.63, 3.8) is 0 Å². The Morgan fingerprint density at radius 3 is 2.88 bits per heavy atom. The van der Waals surface area contributed by atoms with Crippen LogP contribution in [-0.2, 0) is 9.53 Å². The van der Waals surface area contributed by atoms with Gasteiger partial charge in [-0.15, -0.1) is 11.3 Å². The van der Waals surface area contributed by atoms with E-state index < -0.39 is 0 Å². The largest absolute Gasteiger partial charge is 0.426 e. The molecule has 1 aliphatic heterocycles. The number of hydrogen-bond donors (Lipinski definition) is 2. The summed E-state index contributed by atoms with van der Waals surface area (Å²) in [7, 11) is 0. The Bertz CT molecular complexity index is 756. The van der Waals surface area contributed by atoms with Gasteiger partial charge < -0.3 is 15.2 Å². The van der Waals surface area contributed by atoms with Crippen molar-refractivity contribution in [3.05, 3.63) is 35.2 Å². The van der Waals surface area contributed by atoms with Crippen LogP contribution in [0.4, 0.5) is 10.9 Å². The van der Waals surface area contributed by atoms with Crippen molar-refractivity contribution in [3.8, 4) is 5.75 Å². The molecule has 0 unspecified atom stereocenters. The topological polar surface area (TPSA) is 104 Å². The number of carbonyl (C=O) groups excluding carboxylic acids is 2. The van der Waals surface area contributed by atoms with Gasteiger partial charge in [0, 0.05) is 30.6 Å². The number of rotatable bonds is 5. The molecule has 0 bridgehead atoms. The van der Waals surface area contributed by atoms with Crippen molar-refractivity contribution in [2.24, 2.45) is 5.92 Å². The average Bonchev–Trinajstić information content (AvgIpc) is 3.00. The highest BCUT2D eigenvalue weighted by molar-refractivity contribution is 7.14. The van der Waals surface area contributed by atoms with E-state index in [2.05, 4.69) is 10.3 Å². The number of carbonyl (C=O) groups is 2. The smallest absolute Gasteiger partial charge is 0.311 e. The van der Waals surface area contributed by atoms with Crippen molar-refractivity contribution in [2.75, 3.05) is 24.3 Å². The summed E-state index contributed by atoms with van der Waals surface area (Å²) in [5, 5.41) is 4.72. The molecule has 132 valence electrons. The number of nitrogens with one attached hydrogen (secondary N) is 1. The quantitative estimate of drug-likeness (QED) is 0.627. The van der Waals surface area contributed by atoms with Crippen molar-refractivity contribution in [1.82, 2.24) is 4.98 Å². The van der Waals surface area contributed by atoms with E-state index in [0.29, 0.717) is 47.8 Å². The summed E-state index contributed by atoms with van der Waals surface area (Å²) < 4.78 is 10.7. The van der Waals surface area contributed by atoms with Gasteiger partial charge >= 0.3 is 5.97 Å². The monoisotopic (exact) mass is 361 g/mol. The summed E-state index contributed by atoms with van der Waals surface area (Å²) >= 11 is 1.24. The summed E-state index contributed by atoms with van der Waals surface area (Å²) in [5.41, 5.74) is 5.91. The fourth-order valence-electron chi connectivity index (χ4n) is 2.57. The van der Waals surface area contributed by atoms with Gasteiger partial charge in [0.2, 0.25) is 0 Å². The zero-order chi connectivity index (χ0) is 17.6. The molecule has 3 rings (SSSR count). The summed E-state index contributed by atoms with van der Waals surface area (Å²) in [6, 6.07) is 6.50. The van der Waals surface area contributed by atoms with Crippen LogP contribution in [0.15, 0.2) is 29.6 Å². The minimum absolute atomic E-state index is 0.294. The van der Waals surface area contributed by atoms with Crippen LogP contribution in [0.2, 0.25) is 0 Å². The number of amides is 1. The van der Waals surface area contributed by atoms with E-state index in [0.717, 1.165) is 12.8 Å². The van der Waals surface area contributed by atoms with Gasteiger partial charge in [-0.05, 0) is 37.0 Å². The molecule has 0 radical (unpaired) electrons. The van der Waals surface area contributed by atoms with Crippen molar-refractivity contribution in [1.29, 1.82) is 0 Å². The number of anilines is 2. The molecular weight excluding hydrogens is 342 g/mol. The number of nitrogen functional groups attached to an aromatic ring is 1. The SMILES string of the molecule is Nc1csc(NC(=O)c2cccc(OC(=O)CC3CCOCC3)c2)n1. The number of ether oxygens (including phenoxy) is 2. The molecule has 0 spiro atoms. The zero-order valence-electron chi connectivity index (χ0n) is 13.6. The van der Waals surface area contributed by atoms with Gasteiger partial charge in [0.1, 0.15) is 11.6 Å². The molecule has 1 aromatic heterocycles. The highest BCUT2D eigenvalue weighted by Crippen LogP contribution is 2.22. The molecule has 1 saturated heterocycles. The van der Waals surface area contributed by atoms with Gasteiger partial charge in [-0.2, -0.15) is 0 Å². The van der Waals surface area contributed by atoms with Crippen molar-refractivity contribution >= 4 is 34.2 Å². The maximum Gasteiger partial charge on any atom is 0.311 e. The zero-order valence-corrected chi connectivity index (χ0v) is 14.4. The van der Waals surface area contributed by atoms with E-state index in [1.54, 1.807) is 23.6 Å². The number of hydrogen-bond acceptors (Lipinski definition) is 7. The van der Waals surface area contributed by atoms with Crippen LogP contribution in [0.25, 0.3) is 0 Å². The summed E-state index contributed by atoms with van der Waals surface area (Å²) in [4.78, 5) is 28.3. The lowest BCUT2D eigenvalue weighted by Crippen LogP contribution is -2.21. The predicted octanol–water partition coefficient (Wildman–Crippen LogP) is 2.70. The van der Waals surface area contributed by atoms with E-state index in [1.165, 1.54) is 17.4 Å². The van der Waals surface area contributed by atoms with E-state index in [9.17, 15) is 9.59 Å². The lowest BCUT2D eigenvalue weighted by atomic mass is 9.97. The van der Waals surface area contributed by atoms with Gasteiger partial charge in [0.25, 0.3) is 5.91 Å². The van der Waals surface area contributed by atoms with Crippen molar-refractivity contribution in [2.45, 2.75) is 19.3 Å². The normalized spacial score (nSPS) is 14.9. The number of nitrogens with zero attached hydrogens (tertiary/aromatic N) is 1. The molecule has 0 atom stereocenters. The van der Waals surface area contributed by atoms with Crippen LogP contribution in [-0.4, -0.2) is 30.1 Å². The standard InChI is InChI=1S/C17H19N3O4S/c18-14-10-25-17(19-14)20-16(22)12-2-1-3-13(9-12)24-15(21)8-11-4-6-23-7-5-11/h1-3,9-11H,4-8,18H2,(H,19,20,22). The van der Waals surface area contributed by atoms with Gasteiger partial charge in [-0.1, -0.05) is 6.07 Å². The van der Waals surface area contributed by atoms with Crippen LogP contribution in [0, 0.1) is 5.92 Å².